The highest BCUT2D eigenvalue weighted by molar-refractivity contribution is 6.30. The minimum Gasteiger partial charge on any atom is -0.338 e. The second-order valence-corrected chi connectivity index (χ2v) is 6.27. The van der Waals surface area contributed by atoms with E-state index in [9.17, 15) is 4.79 Å². The summed E-state index contributed by atoms with van der Waals surface area (Å²) in [6, 6.07) is 7.68. The molecule has 122 valence electrons. The lowest BCUT2D eigenvalue weighted by atomic mass is 10.00. The van der Waals surface area contributed by atoms with Gasteiger partial charge in [0.15, 0.2) is 0 Å². The summed E-state index contributed by atoms with van der Waals surface area (Å²) < 4.78 is 0. The number of likely N-dealkylation sites (tertiary alicyclic amines) is 1. The molecule has 2 N–H and O–H groups in total. The monoisotopic (exact) mass is 323 g/mol. The molecule has 0 bridgehead atoms. The maximum Gasteiger partial charge on any atom is 0.319 e. The maximum atomic E-state index is 11.8. The van der Waals surface area contributed by atoms with Gasteiger partial charge in [-0.05, 0) is 56.5 Å². The van der Waals surface area contributed by atoms with E-state index in [0.29, 0.717) is 11.6 Å². The summed E-state index contributed by atoms with van der Waals surface area (Å²) in [5.74, 6) is 0. The molecule has 4 nitrogen and oxygen atoms in total. The summed E-state index contributed by atoms with van der Waals surface area (Å²) in [4.78, 5) is 14.4. The summed E-state index contributed by atoms with van der Waals surface area (Å²) in [7, 11) is 0. The first-order valence-corrected chi connectivity index (χ1v) is 8.61. The molecule has 2 rings (SSSR count). The lowest BCUT2D eigenvalue weighted by molar-refractivity contribution is 0.142. The number of rotatable bonds is 6. The molecule has 0 aliphatic carbocycles. The minimum atomic E-state index is -0.159. The van der Waals surface area contributed by atoms with Crippen LogP contribution in [0.3, 0.4) is 0 Å². The van der Waals surface area contributed by atoms with Gasteiger partial charge in [0.05, 0.1) is 0 Å². The number of carbonyl (C=O) groups is 1. The van der Waals surface area contributed by atoms with Crippen molar-refractivity contribution in [2.24, 2.45) is 0 Å². The Labute approximate surface area is 138 Å². The molecule has 0 unspecified atom stereocenters. The Morgan fingerprint density at radius 3 is 2.82 bits per heavy atom. The number of nitrogens with one attached hydrogen (secondary N) is 2. The number of hydrogen-bond donors (Lipinski definition) is 2. The van der Waals surface area contributed by atoms with Crippen molar-refractivity contribution in [3.63, 3.8) is 0 Å². The maximum absolute atomic E-state index is 11.8. The Morgan fingerprint density at radius 2 is 2.09 bits per heavy atom. The van der Waals surface area contributed by atoms with Gasteiger partial charge in [-0.2, -0.15) is 0 Å². The van der Waals surface area contributed by atoms with E-state index >= 15 is 0 Å². The van der Waals surface area contributed by atoms with Crippen molar-refractivity contribution in [3.8, 4) is 0 Å². The molecule has 1 aliphatic heterocycles. The van der Waals surface area contributed by atoms with Gasteiger partial charge in [0.2, 0.25) is 0 Å². The number of amides is 2. The second kappa shape index (κ2) is 9.01. The Kier molecular flexibility index (Phi) is 7.00. The molecule has 1 fully saturated rings. The van der Waals surface area contributed by atoms with Crippen LogP contribution in [0.15, 0.2) is 24.3 Å². The van der Waals surface area contributed by atoms with Gasteiger partial charge in [0, 0.05) is 29.8 Å². The molecule has 1 heterocycles. The molecule has 0 radical (unpaired) electrons. The first-order chi connectivity index (χ1) is 10.7. The molecule has 2 amide bonds. The fourth-order valence-corrected chi connectivity index (χ4v) is 3.14. The molecule has 22 heavy (non-hydrogen) atoms. The average Bonchev–Trinajstić information content (AvgIpc) is 2.54. The summed E-state index contributed by atoms with van der Waals surface area (Å²) in [6.07, 6.45) is 6.20. The van der Waals surface area contributed by atoms with E-state index in [2.05, 4.69) is 22.5 Å². The highest BCUT2D eigenvalue weighted by Gasteiger charge is 2.19. The van der Waals surface area contributed by atoms with Gasteiger partial charge in [-0.15, -0.1) is 0 Å². The molecule has 0 spiro atoms. The number of hydrogen-bond acceptors (Lipinski definition) is 2. The Morgan fingerprint density at radius 1 is 1.32 bits per heavy atom. The van der Waals surface area contributed by atoms with Crippen LogP contribution in [-0.4, -0.2) is 36.6 Å². The molecule has 1 aromatic carbocycles. The molecule has 1 atom stereocenters. The van der Waals surface area contributed by atoms with Crippen molar-refractivity contribution in [1.82, 2.24) is 10.2 Å². The molecule has 1 saturated heterocycles. The number of urea groups is 1. The van der Waals surface area contributed by atoms with E-state index in [4.69, 9.17) is 11.6 Å². The standard InChI is InChI=1S/C17H26ClN3O/c1-2-16-6-3-4-12-21(16)13-5-11-19-17(22)20-15-9-7-14(18)8-10-15/h7-10,16H,2-6,11-13H2,1H3,(H2,19,20,22)/t16-/m1/s1. The quantitative estimate of drug-likeness (QED) is 0.774. The molecular weight excluding hydrogens is 298 g/mol. The largest absolute Gasteiger partial charge is 0.338 e. The molecular formula is C17H26ClN3O. The zero-order valence-corrected chi connectivity index (χ0v) is 14.0. The van der Waals surface area contributed by atoms with E-state index in [-0.39, 0.29) is 6.03 Å². The van der Waals surface area contributed by atoms with E-state index in [0.717, 1.165) is 24.7 Å². The third-order valence-electron chi connectivity index (χ3n) is 4.23. The number of piperidine rings is 1. The summed E-state index contributed by atoms with van der Waals surface area (Å²) >= 11 is 5.82. The van der Waals surface area contributed by atoms with Gasteiger partial charge in [0.25, 0.3) is 0 Å². The summed E-state index contributed by atoms with van der Waals surface area (Å²) in [6.45, 7) is 5.24. The number of nitrogens with zero attached hydrogens (tertiary/aromatic N) is 1. The smallest absolute Gasteiger partial charge is 0.319 e. The third kappa shape index (κ3) is 5.50. The van der Waals surface area contributed by atoms with Gasteiger partial charge < -0.3 is 15.5 Å². The van der Waals surface area contributed by atoms with Crippen LogP contribution >= 0.6 is 11.6 Å². The van der Waals surface area contributed by atoms with Gasteiger partial charge >= 0.3 is 6.03 Å². The van der Waals surface area contributed by atoms with E-state index in [1.54, 1.807) is 24.3 Å². The number of carbonyl (C=O) groups excluding carboxylic acids is 1. The van der Waals surface area contributed by atoms with Crippen LogP contribution in [0, 0.1) is 0 Å². The van der Waals surface area contributed by atoms with Crippen molar-refractivity contribution in [1.29, 1.82) is 0 Å². The zero-order valence-electron chi connectivity index (χ0n) is 13.3. The fraction of sp³-hybridized carbons (Fsp3) is 0.588. The van der Waals surface area contributed by atoms with Gasteiger partial charge in [-0.3, -0.25) is 0 Å². The highest BCUT2D eigenvalue weighted by atomic mass is 35.5. The Balaban J connectivity index is 1.63. The van der Waals surface area contributed by atoms with E-state index < -0.39 is 0 Å². The molecule has 1 aliphatic rings. The van der Waals surface area contributed by atoms with Crippen molar-refractivity contribution in [2.45, 2.75) is 45.1 Å². The van der Waals surface area contributed by atoms with Gasteiger partial charge in [-0.1, -0.05) is 24.9 Å². The second-order valence-electron chi connectivity index (χ2n) is 5.84. The fourth-order valence-electron chi connectivity index (χ4n) is 3.01. The normalized spacial score (nSPS) is 18.9. The van der Waals surface area contributed by atoms with Crippen LogP contribution in [0.5, 0.6) is 0 Å². The SMILES string of the molecule is CC[C@@H]1CCCCN1CCCNC(=O)Nc1ccc(Cl)cc1. The molecule has 0 aromatic heterocycles. The van der Waals surface area contributed by atoms with Crippen LogP contribution in [0.1, 0.15) is 39.0 Å². The molecule has 1 aromatic rings. The first-order valence-electron chi connectivity index (χ1n) is 8.23. The predicted molar refractivity (Wildman–Crippen MR) is 92.6 cm³/mol. The van der Waals surface area contributed by atoms with Crippen molar-refractivity contribution in [3.05, 3.63) is 29.3 Å². The minimum absolute atomic E-state index is 0.159. The van der Waals surface area contributed by atoms with Gasteiger partial charge in [0.1, 0.15) is 0 Å². The van der Waals surface area contributed by atoms with E-state index in [1.165, 1.54) is 32.2 Å². The van der Waals surface area contributed by atoms with Crippen molar-refractivity contribution >= 4 is 23.3 Å². The van der Waals surface area contributed by atoms with Crippen LogP contribution in [0.2, 0.25) is 5.02 Å². The zero-order chi connectivity index (χ0) is 15.8. The predicted octanol–water partition coefficient (Wildman–Crippen LogP) is 4.12. The average molecular weight is 324 g/mol. The van der Waals surface area contributed by atoms with Crippen LogP contribution in [0.4, 0.5) is 10.5 Å². The first kappa shape index (κ1) is 17.1. The topological polar surface area (TPSA) is 44.4 Å². The van der Waals surface area contributed by atoms with Crippen molar-refractivity contribution < 1.29 is 4.79 Å². The number of anilines is 1. The number of benzene rings is 1. The van der Waals surface area contributed by atoms with Crippen LogP contribution < -0.4 is 10.6 Å². The Hall–Kier alpha value is -1.26. The van der Waals surface area contributed by atoms with Crippen molar-refractivity contribution in [2.75, 3.05) is 25.0 Å². The van der Waals surface area contributed by atoms with Crippen LogP contribution in [0.25, 0.3) is 0 Å². The molecule has 5 heteroatoms. The highest BCUT2D eigenvalue weighted by Crippen LogP contribution is 2.19. The number of halogens is 1. The Bertz CT molecular complexity index is 463. The molecule has 0 saturated carbocycles. The lowest BCUT2D eigenvalue weighted by Gasteiger charge is -2.35. The lowest BCUT2D eigenvalue weighted by Crippen LogP contribution is -2.41. The third-order valence-corrected chi connectivity index (χ3v) is 4.48. The summed E-state index contributed by atoms with van der Waals surface area (Å²) in [5.41, 5.74) is 0.754. The van der Waals surface area contributed by atoms with E-state index in [1.807, 2.05) is 0 Å². The van der Waals surface area contributed by atoms with Crippen LogP contribution in [-0.2, 0) is 0 Å². The van der Waals surface area contributed by atoms with Gasteiger partial charge in [-0.25, -0.2) is 4.79 Å². The summed E-state index contributed by atoms with van der Waals surface area (Å²) in [5, 5.41) is 6.38.